The van der Waals surface area contributed by atoms with Gasteiger partial charge >= 0.3 is 6.36 Å². The molecule has 1 saturated carbocycles. The van der Waals surface area contributed by atoms with Crippen molar-refractivity contribution in [2.45, 2.75) is 44.9 Å². The highest BCUT2D eigenvalue weighted by atomic mass is 19.4. The van der Waals surface area contributed by atoms with Crippen molar-refractivity contribution in [1.82, 2.24) is 0 Å². The first-order valence-corrected chi connectivity index (χ1v) is 10.0. The minimum Gasteiger partial charge on any atom is -0.406 e. The van der Waals surface area contributed by atoms with Gasteiger partial charge in [-0.3, -0.25) is 0 Å². The summed E-state index contributed by atoms with van der Waals surface area (Å²) in [5.41, 5.74) is 2.72. The Bertz CT molecular complexity index is 846. The van der Waals surface area contributed by atoms with Crippen molar-refractivity contribution < 1.29 is 17.9 Å². The number of allylic oxidation sites excluding steroid dienone is 1. The van der Waals surface area contributed by atoms with Crippen LogP contribution < -0.4 is 4.74 Å². The van der Waals surface area contributed by atoms with E-state index in [9.17, 15) is 13.2 Å². The van der Waals surface area contributed by atoms with Crippen molar-refractivity contribution in [2.24, 2.45) is 11.8 Å². The predicted molar refractivity (Wildman–Crippen MR) is 110 cm³/mol. The van der Waals surface area contributed by atoms with Crippen LogP contribution in [0.1, 0.15) is 44.1 Å². The van der Waals surface area contributed by atoms with Crippen LogP contribution in [0.4, 0.5) is 13.2 Å². The lowest BCUT2D eigenvalue weighted by Crippen LogP contribution is -2.16. The highest BCUT2D eigenvalue weighted by Crippen LogP contribution is 2.31. The Kier molecular flexibility index (Phi) is 7.04. The first-order valence-electron chi connectivity index (χ1n) is 10.0. The zero-order chi connectivity index (χ0) is 20.7. The Morgan fingerprint density at radius 3 is 2.07 bits per heavy atom. The van der Waals surface area contributed by atoms with Crippen LogP contribution in [0.25, 0.3) is 11.1 Å². The Balaban J connectivity index is 1.56. The summed E-state index contributed by atoms with van der Waals surface area (Å²) >= 11 is 0. The third-order valence-electron chi connectivity index (χ3n) is 5.35. The first-order chi connectivity index (χ1) is 13.9. The fraction of sp³-hybridized carbons (Fsp3) is 0.360. The Morgan fingerprint density at radius 2 is 1.52 bits per heavy atom. The van der Waals surface area contributed by atoms with Gasteiger partial charge in [0.25, 0.3) is 0 Å². The molecule has 152 valence electrons. The van der Waals surface area contributed by atoms with Gasteiger partial charge < -0.3 is 4.74 Å². The summed E-state index contributed by atoms with van der Waals surface area (Å²) < 4.78 is 40.6. The molecule has 0 aliphatic heterocycles. The van der Waals surface area contributed by atoms with Crippen LogP contribution in [-0.4, -0.2) is 6.36 Å². The standard InChI is InChI=1S/C25H25F3O/c1-2-3-4-19-5-7-20(8-6-19)9-10-21-11-13-22(14-12-21)23-15-17-24(18-16-23)29-25(26,27)28/h2,11-20H,1,3-8H2. The van der Waals surface area contributed by atoms with Gasteiger partial charge in [0.2, 0.25) is 0 Å². The minimum absolute atomic E-state index is 0.219. The summed E-state index contributed by atoms with van der Waals surface area (Å²) in [6, 6.07) is 13.7. The van der Waals surface area contributed by atoms with Crippen molar-refractivity contribution in [2.75, 3.05) is 0 Å². The number of rotatable bonds is 5. The predicted octanol–water partition coefficient (Wildman–Crippen LogP) is 7.38. The van der Waals surface area contributed by atoms with Crippen LogP contribution in [0.2, 0.25) is 0 Å². The lowest BCUT2D eigenvalue weighted by Gasteiger charge is -2.25. The van der Waals surface area contributed by atoms with E-state index in [2.05, 4.69) is 23.2 Å². The number of hydrogen-bond donors (Lipinski definition) is 0. The van der Waals surface area contributed by atoms with Crippen LogP contribution in [0.15, 0.2) is 61.2 Å². The minimum atomic E-state index is -4.67. The Hall–Kier alpha value is -2.67. The summed E-state index contributed by atoms with van der Waals surface area (Å²) in [7, 11) is 0. The first kappa shape index (κ1) is 21.0. The molecule has 0 unspecified atom stereocenters. The molecule has 0 aromatic heterocycles. The van der Waals surface area contributed by atoms with E-state index in [1.807, 2.05) is 30.3 Å². The van der Waals surface area contributed by atoms with Gasteiger partial charge in [-0.05, 0) is 79.8 Å². The summed E-state index contributed by atoms with van der Waals surface area (Å²) in [6.07, 6.45) is 4.51. The molecule has 1 aliphatic rings. The van der Waals surface area contributed by atoms with E-state index in [1.165, 1.54) is 44.2 Å². The number of ether oxygens (including phenoxy) is 1. The van der Waals surface area contributed by atoms with E-state index in [0.717, 1.165) is 29.0 Å². The molecular weight excluding hydrogens is 373 g/mol. The molecule has 2 aromatic rings. The quantitative estimate of drug-likeness (QED) is 0.377. The fourth-order valence-electron chi connectivity index (χ4n) is 3.73. The number of hydrogen-bond acceptors (Lipinski definition) is 1. The van der Waals surface area contributed by atoms with Crippen molar-refractivity contribution in [3.8, 4) is 28.7 Å². The summed E-state index contributed by atoms with van der Waals surface area (Å²) in [4.78, 5) is 0. The second-order valence-electron chi connectivity index (χ2n) is 7.50. The van der Waals surface area contributed by atoms with Gasteiger partial charge in [-0.25, -0.2) is 0 Å². The van der Waals surface area contributed by atoms with Gasteiger partial charge in [0, 0.05) is 11.5 Å². The maximum absolute atomic E-state index is 12.2. The number of benzene rings is 2. The molecule has 0 radical (unpaired) electrons. The van der Waals surface area contributed by atoms with Crippen molar-refractivity contribution in [3.05, 3.63) is 66.7 Å². The molecule has 0 atom stereocenters. The zero-order valence-corrected chi connectivity index (χ0v) is 16.3. The lowest BCUT2D eigenvalue weighted by molar-refractivity contribution is -0.274. The second kappa shape index (κ2) is 9.69. The van der Waals surface area contributed by atoms with Crippen molar-refractivity contribution in [3.63, 3.8) is 0 Å². The molecule has 2 aromatic carbocycles. The number of alkyl halides is 3. The maximum atomic E-state index is 12.2. The summed E-state index contributed by atoms with van der Waals surface area (Å²) in [5.74, 6) is 7.75. The molecule has 1 aliphatic carbocycles. The van der Waals surface area contributed by atoms with Gasteiger partial charge in [0.15, 0.2) is 0 Å². The molecule has 0 amide bonds. The van der Waals surface area contributed by atoms with Crippen molar-refractivity contribution >= 4 is 0 Å². The van der Waals surface area contributed by atoms with Crippen LogP contribution in [0.3, 0.4) is 0 Å². The molecule has 0 saturated heterocycles. The van der Waals surface area contributed by atoms with Gasteiger partial charge in [0.05, 0.1) is 0 Å². The van der Waals surface area contributed by atoms with E-state index >= 15 is 0 Å². The third-order valence-corrected chi connectivity index (χ3v) is 5.35. The molecule has 0 N–H and O–H groups in total. The lowest BCUT2D eigenvalue weighted by atomic mass is 9.80. The van der Waals surface area contributed by atoms with Crippen LogP contribution in [0.5, 0.6) is 5.75 Å². The summed E-state index contributed by atoms with van der Waals surface area (Å²) in [6.45, 7) is 3.80. The molecular formula is C25H25F3O. The van der Waals surface area contributed by atoms with Gasteiger partial charge in [-0.2, -0.15) is 0 Å². The van der Waals surface area contributed by atoms with Gasteiger partial charge in [0.1, 0.15) is 5.75 Å². The SMILES string of the molecule is C=CCCC1CCC(C#Cc2ccc(-c3ccc(OC(F)(F)F)cc3)cc2)CC1. The van der Waals surface area contributed by atoms with Gasteiger partial charge in [-0.1, -0.05) is 42.2 Å². The zero-order valence-electron chi connectivity index (χ0n) is 16.3. The summed E-state index contributed by atoms with van der Waals surface area (Å²) in [5, 5.41) is 0. The Morgan fingerprint density at radius 1 is 0.931 bits per heavy atom. The van der Waals surface area contributed by atoms with Crippen LogP contribution in [0, 0.1) is 23.7 Å². The smallest absolute Gasteiger partial charge is 0.406 e. The Labute approximate surface area is 170 Å². The number of halogens is 3. The molecule has 0 bridgehead atoms. The van der Waals surface area contributed by atoms with Crippen molar-refractivity contribution in [1.29, 1.82) is 0 Å². The molecule has 0 heterocycles. The van der Waals surface area contributed by atoms with E-state index in [0.29, 0.717) is 5.92 Å². The molecule has 0 spiro atoms. The maximum Gasteiger partial charge on any atom is 0.573 e. The average Bonchev–Trinajstić information content (AvgIpc) is 2.71. The average molecular weight is 398 g/mol. The van der Waals surface area contributed by atoms with E-state index in [-0.39, 0.29) is 5.75 Å². The molecule has 29 heavy (non-hydrogen) atoms. The van der Waals surface area contributed by atoms with Gasteiger partial charge in [-0.15, -0.1) is 19.8 Å². The fourth-order valence-corrected chi connectivity index (χ4v) is 3.73. The monoisotopic (exact) mass is 398 g/mol. The normalized spacial score (nSPS) is 19.1. The molecule has 3 rings (SSSR count). The molecule has 1 nitrogen and oxygen atoms in total. The highest BCUT2D eigenvalue weighted by Gasteiger charge is 2.30. The van der Waals surface area contributed by atoms with E-state index < -0.39 is 6.36 Å². The third kappa shape index (κ3) is 6.71. The van der Waals surface area contributed by atoms with E-state index in [1.54, 1.807) is 12.1 Å². The molecule has 4 heteroatoms. The second-order valence-corrected chi connectivity index (χ2v) is 7.50. The van der Waals surface area contributed by atoms with Crippen LogP contribution in [-0.2, 0) is 0 Å². The van der Waals surface area contributed by atoms with E-state index in [4.69, 9.17) is 0 Å². The van der Waals surface area contributed by atoms with Crippen LogP contribution >= 0.6 is 0 Å². The topological polar surface area (TPSA) is 9.23 Å². The molecule has 1 fully saturated rings. The largest absolute Gasteiger partial charge is 0.573 e. The highest BCUT2D eigenvalue weighted by molar-refractivity contribution is 5.65.